The van der Waals surface area contributed by atoms with Crippen molar-refractivity contribution in [2.24, 2.45) is 23.2 Å². The topological polar surface area (TPSA) is 27.0 Å². The van der Waals surface area contributed by atoms with Crippen molar-refractivity contribution in [2.45, 2.75) is 38.5 Å². The summed E-state index contributed by atoms with van der Waals surface area (Å²) < 4.78 is 0. The van der Waals surface area contributed by atoms with Crippen molar-refractivity contribution in [3.8, 4) is 6.07 Å². The summed E-state index contributed by atoms with van der Waals surface area (Å²) in [6.07, 6.45) is 10.8. The van der Waals surface area contributed by atoms with Gasteiger partial charge in [-0.15, -0.1) is 0 Å². The second kappa shape index (κ2) is 3.77. The Morgan fingerprint density at radius 1 is 1.12 bits per heavy atom. The van der Waals surface area contributed by atoms with Gasteiger partial charge in [-0.2, -0.15) is 5.26 Å². The van der Waals surface area contributed by atoms with E-state index in [9.17, 15) is 5.26 Å². The van der Waals surface area contributed by atoms with Crippen LogP contribution in [0.25, 0.3) is 0 Å². The summed E-state index contributed by atoms with van der Waals surface area (Å²) in [5, 5.41) is 9.24. The fourth-order valence-electron chi connectivity index (χ4n) is 4.91. The minimum atomic E-state index is 0.379. The van der Waals surface area contributed by atoms with Gasteiger partial charge in [0, 0.05) is 14.1 Å². The largest absolute Gasteiger partial charge is 0.369 e. The lowest BCUT2D eigenvalue weighted by Gasteiger charge is -2.56. The van der Waals surface area contributed by atoms with Crippen molar-refractivity contribution >= 4 is 0 Å². The maximum Gasteiger partial charge on any atom is 0.117 e. The van der Waals surface area contributed by atoms with Crippen molar-refractivity contribution in [3.05, 3.63) is 11.8 Å². The summed E-state index contributed by atoms with van der Waals surface area (Å²) in [5.74, 6) is 2.87. The van der Waals surface area contributed by atoms with E-state index < -0.39 is 0 Å². The lowest BCUT2D eigenvalue weighted by Crippen LogP contribution is -2.45. The highest BCUT2D eigenvalue weighted by Crippen LogP contribution is 2.60. The van der Waals surface area contributed by atoms with Gasteiger partial charge in [-0.05, 0) is 67.8 Å². The lowest BCUT2D eigenvalue weighted by atomic mass is 9.49. The van der Waals surface area contributed by atoms with Crippen LogP contribution in [0.1, 0.15) is 38.5 Å². The Kier molecular flexibility index (Phi) is 2.47. The Hall–Kier alpha value is -0.970. The van der Waals surface area contributed by atoms with Gasteiger partial charge in [0.05, 0.1) is 0 Å². The number of hydrogen-bond acceptors (Lipinski definition) is 2. The van der Waals surface area contributed by atoms with E-state index in [0.717, 1.165) is 23.5 Å². The average molecular weight is 230 g/mol. The van der Waals surface area contributed by atoms with Gasteiger partial charge in [-0.3, -0.25) is 0 Å². The van der Waals surface area contributed by atoms with E-state index in [2.05, 4.69) is 12.1 Å². The summed E-state index contributed by atoms with van der Waals surface area (Å²) in [5.41, 5.74) is 1.25. The molecule has 17 heavy (non-hydrogen) atoms. The second-order valence-corrected chi connectivity index (χ2v) is 6.82. The fraction of sp³-hybridized carbons (Fsp3) is 0.800. The molecule has 92 valence electrons. The van der Waals surface area contributed by atoms with Gasteiger partial charge in [0.2, 0.25) is 0 Å². The lowest BCUT2D eigenvalue weighted by molar-refractivity contribution is -0.0245. The molecule has 0 spiro atoms. The molecular weight excluding hydrogens is 208 g/mol. The number of hydrogen-bond donors (Lipinski definition) is 0. The number of rotatable bonds is 2. The Morgan fingerprint density at radius 3 is 1.94 bits per heavy atom. The van der Waals surface area contributed by atoms with Gasteiger partial charge in [-0.25, -0.2) is 0 Å². The number of nitrogens with zero attached hydrogens (tertiary/aromatic N) is 2. The Balaban J connectivity index is 1.90. The Labute approximate surface area is 104 Å². The zero-order valence-corrected chi connectivity index (χ0v) is 10.9. The molecule has 2 nitrogen and oxygen atoms in total. The molecule has 0 heterocycles. The van der Waals surface area contributed by atoms with E-state index in [0.29, 0.717) is 5.41 Å². The van der Waals surface area contributed by atoms with Crippen molar-refractivity contribution in [3.63, 3.8) is 0 Å². The van der Waals surface area contributed by atoms with Crippen LogP contribution >= 0.6 is 0 Å². The zero-order chi connectivity index (χ0) is 12.0. The van der Waals surface area contributed by atoms with E-state index in [1.54, 1.807) is 0 Å². The van der Waals surface area contributed by atoms with Crippen LogP contribution in [-0.4, -0.2) is 19.0 Å². The summed E-state index contributed by atoms with van der Waals surface area (Å²) in [6, 6.07) is 2.36. The minimum absolute atomic E-state index is 0.379. The van der Waals surface area contributed by atoms with Crippen LogP contribution in [-0.2, 0) is 0 Å². The van der Waals surface area contributed by atoms with Crippen molar-refractivity contribution < 1.29 is 0 Å². The van der Waals surface area contributed by atoms with Crippen LogP contribution in [0, 0.1) is 34.5 Å². The van der Waals surface area contributed by atoms with E-state index >= 15 is 0 Å². The molecule has 0 radical (unpaired) electrons. The molecule has 0 aliphatic heterocycles. The van der Waals surface area contributed by atoms with Crippen LogP contribution in [0.15, 0.2) is 11.8 Å². The van der Waals surface area contributed by atoms with Gasteiger partial charge < -0.3 is 4.90 Å². The van der Waals surface area contributed by atoms with Gasteiger partial charge in [0.1, 0.15) is 11.8 Å². The minimum Gasteiger partial charge on any atom is -0.369 e. The first-order valence-electron chi connectivity index (χ1n) is 6.90. The molecule has 4 fully saturated rings. The highest BCUT2D eigenvalue weighted by atomic mass is 15.1. The smallest absolute Gasteiger partial charge is 0.117 e. The molecule has 4 saturated carbocycles. The van der Waals surface area contributed by atoms with Crippen LogP contribution < -0.4 is 0 Å². The molecule has 2 heteroatoms. The van der Waals surface area contributed by atoms with E-state index in [1.165, 1.54) is 38.5 Å². The molecule has 4 rings (SSSR count). The molecule has 0 aromatic rings. The van der Waals surface area contributed by atoms with Crippen LogP contribution in [0.3, 0.4) is 0 Å². The van der Waals surface area contributed by atoms with Crippen molar-refractivity contribution in [1.29, 1.82) is 5.26 Å². The van der Waals surface area contributed by atoms with Crippen LogP contribution in [0.4, 0.5) is 0 Å². The monoisotopic (exact) mass is 230 g/mol. The number of nitriles is 1. The maximum atomic E-state index is 9.24. The highest BCUT2D eigenvalue weighted by Gasteiger charge is 2.50. The highest BCUT2D eigenvalue weighted by molar-refractivity contribution is 5.24. The van der Waals surface area contributed by atoms with E-state index in [-0.39, 0.29) is 0 Å². The third-order valence-electron chi connectivity index (χ3n) is 5.12. The summed E-state index contributed by atoms with van der Waals surface area (Å²) in [6.45, 7) is 0. The first-order chi connectivity index (χ1) is 8.10. The van der Waals surface area contributed by atoms with Crippen molar-refractivity contribution in [2.75, 3.05) is 14.1 Å². The molecule has 0 unspecified atom stereocenters. The van der Waals surface area contributed by atoms with Gasteiger partial charge in [0.25, 0.3) is 0 Å². The molecule has 4 bridgehead atoms. The van der Waals surface area contributed by atoms with Crippen molar-refractivity contribution in [1.82, 2.24) is 4.90 Å². The normalized spacial score (nSPS) is 43.6. The van der Waals surface area contributed by atoms with E-state index in [4.69, 9.17) is 0 Å². The molecule has 0 atom stereocenters. The molecular formula is C15H22N2. The summed E-state index contributed by atoms with van der Waals surface area (Å²) >= 11 is 0. The van der Waals surface area contributed by atoms with Gasteiger partial charge in [-0.1, -0.05) is 0 Å². The quantitative estimate of drug-likeness (QED) is 0.681. The third-order valence-corrected chi connectivity index (χ3v) is 5.12. The predicted molar refractivity (Wildman–Crippen MR) is 68.0 cm³/mol. The summed E-state index contributed by atoms with van der Waals surface area (Å²) in [7, 11) is 3.96. The molecule has 4 aliphatic rings. The molecule has 0 aromatic carbocycles. The average Bonchev–Trinajstić information content (AvgIpc) is 2.23. The second-order valence-electron chi connectivity index (χ2n) is 6.82. The van der Waals surface area contributed by atoms with Crippen LogP contribution in [0.5, 0.6) is 0 Å². The molecule has 4 aliphatic carbocycles. The fourth-order valence-corrected chi connectivity index (χ4v) is 4.91. The first-order valence-corrected chi connectivity index (χ1v) is 6.90. The molecule has 0 aromatic heterocycles. The molecule has 0 N–H and O–H groups in total. The van der Waals surface area contributed by atoms with Gasteiger partial charge in [0.15, 0.2) is 0 Å². The molecule has 0 saturated heterocycles. The van der Waals surface area contributed by atoms with Gasteiger partial charge >= 0.3 is 0 Å². The Morgan fingerprint density at radius 2 is 1.59 bits per heavy atom. The maximum absolute atomic E-state index is 9.24. The zero-order valence-electron chi connectivity index (χ0n) is 10.9. The van der Waals surface area contributed by atoms with Crippen LogP contribution in [0.2, 0.25) is 0 Å². The van der Waals surface area contributed by atoms with E-state index in [1.807, 2.05) is 19.0 Å². The number of allylic oxidation sites excluding steroid dienone is 2. The third kappa shape index (κ3) is 1.86. The first kappa shape index (κ1) is 11.1. The summed E-state index contributed by atoms with van der Waals surface area (Å²) in [4.78, 5) is 1.97. The predicted octanol–water partition coefficient (Wildman–Crippen LogP) is 3.17. The SMILES string of the molecule is CN(C)/C(C#N)=C/C12CC3CC(CC(C3)C1)C2. The standard InChI is InChI=1S/C15H22N2/c1-17(2)14(10-16)9-15-6-11-3-12(7-15)5-13(4-11)8-15/h9,11-13H,3-8H2,1-2H3/b14-9+. The molecule has 0 amide bonds. The Bertz CT molecular complexity index is 351.